The van der Waals surface area contributed by atoms with E-state index in [1.165, 1.54) is 35.9 Å². The maximum atomic E-state index is 3.58. The fourth-order valence-electron chi connectivity index (χ4n) is 2.71. The van der Waals surface area contributed by atoms with Gasteiger partial charge in [-0.2, -0.15) is 0 Å². The minimum atomic E-state index is 0.775. The molecule has 1 N–H and O–H groups in total. The number of H-pyrrole nitrogens is 1. The molecule has 0 saturated carbocycles. The maximum Gasteiger partial charge on any atom is 0.0459 e. The van der Waals surface area contributed by atoms with Crippen LogP contribution in [0.5, 0.6) is 0 Å². The van der Waals surface area contributed by atoms with Gasteiger partial charge in [-0.1, -0.05) is 25.1 Å². The highest BCUT2D eigenvalue weighted by atomic mass is 14.7. The Morgan fingerprint density at radius 3 is 3.07 bits per heavy atom. The topological polar surface area (TPSA) is 15.8 Å². The van der Waals surface area contributed by atoms with Crippen LogP contribution in [-0.4, -0.2) is 4.98 Å². The lowest BCUT2D eigenvalue weighted by Crippen LogP contribution is -1.90. The first kappa shape index (κ1) is 8.10. The summed E-state index contributed by atoms with van der Waals surface area (Å²) >= 11 is 0. The van der Waals surface area contributed by atoms with E-state index in [1.807, 2.05) is 0 Å². The summed E-state index contributed by atoms with van der Waals surface area (Å²) < 4.78 is 0. The number of rotatable bonds is 1. The summed E-state index contributed by atoms with van der Waals surface area (Å²) in [7, 11) is 0. The van der Waals surface area contributed by atoms with Gasteiger partial charge in [-0.25, -0.2) is 0 Å². The molecule has 0 fully saturated rings. The molecule has 1 unspecified atom stereocenters. The molecule has 2 aromatic rings. The van der Waals surface area contributed by atoms with Gasteiger partial charge < -0.3 is 4.98 Å². The van der Waals surface area contributed by atoms with Crippen LogP contribution in [-0.2, 0) is 6.42 Å². The third-order valence-electron chi connectivity index (χ3n) is 3.49. The van der Waals surface area contributed by atoms with Gasteiger partial charge in [-0.15, -0.1) is 0 Å². The third-order valence-corrected chi connectivity index (χ3v) is 3.49. The zero-order valence-electron chi connectivity index (χ0n) is 8.51. The average Bonchev–Trinajstić information content (AvgIpc) is 2.75. The van der Waals surface area contributed by atoms with E-state index < -0.39 is 0 Å². The van der Waals surface area contributed by atoms with E-state index in [0.29, 0.717) is 0 Å². The van der Waals surface area contributed by atoms with Crippen molar-refractivity contribution in [3.8, 4) is 0 Å². The number of benzene rings is 1. The predicted molar refractivity (Wildman–Crippen MR) is 59.7 cm³/mol. The quantitative estimate of drug-likeness (QED) is 0.698. The number of aromatic nitrogens is 1. The number of aryl methyl sites for hydroxylation is 1. The molecule has 1 aliphatic rings. The summed E-state index contributed by atoms with van der Waals surface area (Å²) in [5.41, 5.74) is 4.40. The Morgan fingerprint density at radius 2 is 2.21 bits per heavy atom. The number of hydrogen-bond donors (Lipinski definition) is 1. The summed E-state index contributed by atoms with van der Waals surface area (Å²) in [6.07, 6.45) is 3.86. The Balaban J connectivity index is 2.26. The molecule has 0 aliphatic heterocycles. The van der Waals surface area contributed by atoms with Crippen molar-refractivity contribution in [3.63, 3.8) is 0 Å². The fraction of sp³-hybridized carbons (Fsp3) is 0.385. The van der Waals surface area contributed by atoms with Crippen molar-refractivity contribution in [3.05, 3.63) is 35.5 Å². The number of fused-ring (bicyclic) bond motifs is 3. The minimum absolute atomic E-state index is 0.775. The van der Waals surface area contributed by atoms with Gasteiger partial charge in [-0.05, 0) is 36.8 Å². The molecular formula is C13H15N. The van der Waals surface area contributed by atoms with E-state index >= 15 is 0 Å². The average molecular weight is 185 g/mol. The van der Waals surface area contributed by atoms with E-state index in [4.69, 9.17) is 0 Å². The monoisotopic (exact) mass is 185 g/mol. The highest BCUT2D eigenvalue weighted by Gasteiger charge is 2.24. The first-order valence-corrected chi connectivity index (χ1v) is 5.49. The Hall–Kier alpha value is -1.24. The summed E-state index contributed by atoms with van der Waals surface area (Å²) in [5.74, 6) is 0.775. The number of para-hydroxylation sites is 1. The molecule has 1 heterocycles. The molecule has 14 heavy (non-hydrogen) atoms. The van der Waals surface area contributed by atoms with Gasteiger partial charge in [0.05, 0.1) is 0 Å². The summed E-state index contributed by atoms with van der Waals surface area (Å²) in [6.45, 7) is 2.28. The second-order valence-corrected chi connectivity index (χ2v) is 4.21. The van der Waals surface area contributed by atoms with Crippen molar-refractivity contribution in [2.45, 2.75) is 32.1 Å². The second kappa shape index (κ2) is 2.88. The first-order chi connectivity index (χ1) is 6.90. The molecule has 72 valence electrons. The van der Waals surface area contributed by atoms with Crippen LogP contribution in [0.15, 0.2) is 24.3 Å². The minimum Gasteiger partial charge on any atom is -0.358 e. The number of aromatic amines is 1. The largest absolute Gasteiger partial charge is 0.358 e. The normalized spacial score (nSPS) is 20.2. The van der Waals surface area contributed by atoms with Crippen molar-refractivity contribution in [2.75, 3.05) is 0 Å². The zero-order chi connectivity index (χ0) is 9.54. The smallest absolute Gasteiger partial charge is 0.0459 e. The van der Waals surface area contributed by atoms with E-state index in [0.717, 1.165) is 5.92 Å². The highest BCUT2D eigenvalue weighted by Crippen LogP contribution is 2.38. The van der Waals surface area contributed by atoms with Crippen LogP contribution < -0.4 is 0 Å². The molecule has 0 radical (unpaired) electrons. The molecule has 1 aliphatic carbocycles. The van der Waals surface area contributed by atoms with Gasteiger partial charge in [-0.3, -0.25) is 0 Å². The van der Waals surface area contributed by atoms with Gasteiger partial charge in [0, 0.05) is 16.6 Å². The number of nitrogens with one attached hydrogen (secondary N) is 1. The highest BCUT2D eigenvalue weighted by molar-refractivity contribution is 5.85. The van der Waals surface area contributed by atoms with Gasteiger partial charge >= 0.3 is 0 Å². The van der Waals surface area contributed by atoms with Gasteiger partial charge in [0.25, 0.3) is 0 Å². The molecule has 1 heteroatoms. The molecule has 1 aromatic carbocycles. The summed E-state index contributed by atoms with van der Waals surface area (Å²) in [5, 5.41) is 1.44. The molecule has 1 atom stereocenters. The number of hydrogen-bond acceptors (Lipinski definition) is 0. The van der Waals surface area contributed by atoms with E-state index in [-0.39, 0.29) is 0 Å². The first-order valence-electron chi connectivity index (χ1n) is 5.49. The predicted octanol–water partition coefficient (Wildman–Crippen LogP) is 3.61. The zero-order valence-corrected chi connectivity index (χ0v) is 8.51. The third kappa shape index (κ3) is 0.955. The van der Waals surface area contributed by atoms with Crippen molar-refractivity contribution < 1.29 is 0 Å². The maximum absolute atomic E-state index is 3.58. The molecule has 1 nitrogen and oxygen atoms in total. The van der Waals surface area contributed by atoms with Crippen LogP contribution in [0.2, 0.25) is 0 Å². The Kier molecular flexibility index (Phi) is 1.66. The molecular weight excluding hydrogens is 170 g/mol. The lowest BCUT2D eigenvalue weighted by Gasteiger charge is -2.04. The lowest BCUT2D eigenvalue weighted by atomic mass is 10.1. The lowest BCUT2D eigenvalue weighted by molar-refractivity contribution is 0.644. The molecule has 0 spiro atoms. The Labute approximate surface area is 84.1 Å². The molecule has 0 bridgehead atoms. The van der Waals surface area contributed by atoms with E-state index in [9.17, 15) is 0 Å². The van der Waals surface area contributed by atoms with Crippen molar-refractivity contribution in [2.24, 2.45) is 0 Å². The van der Waals surface area contributed by atoms with Crippen molar-refractivity contribution >= 4 is 10.9 Å². The van der Waals surface area contributed by atoms with Crippen LogP contribution in [0.3, 0.4) is 0 Å². The molecule has 0 amide bonds. The molecule has 1 aromatic heterocycles. The second-order valence-electron chi connectivity index (χ2n) is 4.21. The van der Waals surface area contributed by atoms with Crippen molar-refractivity contribution in [1.29, 1.82) is 0 Å². The molecule has 3 rings (SSSR count). The van der Waals surface area contributed by atoms with E-state index in [2.05, 4.69) is 36.2 Å². The van der Waals surface area contributed by atoms with Crippen LogP contribution in [0.4, 0.5) is 0 Å². The van der Waals surface area contributed by atoms with E-state index in [1.54, 1.807) is 5.56 Å². The summed E-state index contributed by atoms with van der Waals surface area (Å²) in [6, 6.07) is 8.66. The Morgan fingerprint density at radius 1 is 1.36 bits per heavy atom. The van der Waals surface area contributed by atoms with Crippen LogP contribution >= 0.6 is 0 Å². The standard InChI is InChI=1S/C13H15N/c1-2-9-7-8-11-10-5-3-4-6-12(10)14-13(9)11/h3-6,9,14H,2,7-8H2,1H3. The van der Waals surface area contributed by atoms with Crippen LogP contribution in [0.25, 0.3) is 10.9 Å². The van der Waals surface area contributed by atoms with Gasteiger partial charge in [0.1, 0.15) is 0 Å². The molecule has 0 saturated heterocycles. The van der Waals surface area contributed by atoms with Crippen LogP contribution in [0, 0.1) is 0 Å². The van der Waals surface area contributed by atoms with Crippen LogP contribution in [0.1, 0.15) is 36.9 Å². The van der Waals surface area contributed by atoms with Gasteiger partial charge in [0.2, 0.25) is 0 Å². The fourth-order valence-corrected chi connectivity index (χ4v) is 2.71. The Bertz CT molecular complexity index is 467. The summed E-state index contributed by atoms with van der Waals surface area (Å²) in [4.78, 5) is 3.58. The SMILES string of the molecule is CCC1CCc2c1[nH]c1ccccc21. The van der Waals surface area contributed by atoms with Crippen molar-refractivity contribution in [1.82, 2.24) is 4.98 Å². The van der Waals surface area contributed by atoms with Gasteiger partial charge in [0.15, 0.2) is 0 Å².